The maximum absolute atomic E-state index is 12.1. The van der Waals surface area contributed by atoms with Crippen LogP contribution in [0.1, 0.15) is 20.3 Å². The van der Waals surface area contributed by atoms with Gasteiger partial charge in [-0.3, -0.25) is 0 Å². The molecule has 0 amide bonds. The molecule has 0 fully saturated rings. The molecule has 5 nitrogen and oxygen atoms in total. The standard InChI is InChI=1S/C12H24F3NO4S/c1-11(2)4-5-16(6-7-19-3)21(17,18)9-8-20-10-12(13,14)15/h11H,4-10H2,1-3H3. The topological polar surface area (TPSA) is 55.8 Å². The predicted molar refractivity (Wildman–Crippen MR) is 73.6 cm³/mol. The summed E-state index contributed by atoms with van der Waals surface area (Å²) in [5, 5.41) is 0. The van der Waals surface area contributed by atoms with Gasteiger partial charge in [0, 0.05) is 20.2 Å². The molecule has 9 heteroatoms. The maximum atomic E-state index is 12.1. The summed E-state index contributed by atoms with van der Waals surface area (Å²) in [5.74, 6) is -0.142. The molecular weight excluding hydrogens is 311 g/mol. The van der Waals surface area contributed by atoms with Crippen molar-refractivity contribution in [2.75, 3.05) is 45.8 Å². The summed E-state index contributed by atoms with van der Waals surface area (Å²) in [5.41, 5.74) is 0. The van der Waals surface area contributed by atoms with Crippen LogP contribution in [0.4, 0.5) is 13.2 Å². The van der Waals surface area contributed by atoms with Crippen molar-refractivity contribution in [3.63, 3.8) is 0 Å². The van der Waals surface area contributed by atoms with Crippen LogP contribution in [0.15, 0.2) is 0 Å². The van der Waals surface area contributed by atoms with E-state index in [0.717, 1.165) is 0 Å². The Labute approximate surface area is 124 Å². The summed E-state index contributed by atoms with van der Waals surface area (Å²) in [6.07, 6.45) is -3.77. The molecule has 0 aromatic carbocycles. The molecular formula is C12H24F3NO4S. The van der Waals surface area contributed by atoms with Crippen LogP contribution in [-0.2, 0) is 19.5 Å². The van der Waals surface area contributed by atoms with Gasteiger partial charge in [-0.15, -0.1) is 0 Å². The SMILES string of the molecule is COCCN(CCC(C)C)S(=O)(=O)CCOCC(F)(F)F. The van der Waals surface area contributed by atoms with Crippen molar-refractivity contribution in [2.45, 2.75) is 26.4 Å². The minimum Gasteiger partial charge on any atom is -0.383 e. The number of hydrogen-bond acceptors (Lipinski definition) is 4. The van der Waals surface area contributed by atoms with Gasteiger partial charge in [-0.05, 0) is 12.3 Å². The highest BCUT2D eigenvalue weighted by Crippen LogP contribution is 2.14. The molecule has 0 spiro atoms. The van der Waals surface area contributed by atoms with Crippen LogP contribution in [0.25, 0.3) is 0 Å². The molecule has 21 heavy (non-hydrogen) atoms. The number of sulfonamides is 1. The Morgan fingerprint density at radius 3 is 2.24 bits per heavy atom. The fourth-order valence-corrected chi connectivity index (χ4v) is 2.79. The first kappa shape index (κ1) is 20.6. The number of hydrogen-bond donors (Lipinski definition) is 0. The predicted octanol–water partition coefficient (Wildman–Crippen LogP) is 1.89. The van der Waals surface area contributed by atoms with Crippen molar-refractivity contribution in [3.05, 3.63) is 0 Å². The van der Waals surface area contributed by atoms with Gasteiger partial charge in [0.25, 0.3) is 0 Å². The lowest BCUT2D eigenvalue weighted by molar-refractivity contribution is -0.172. The normalized spacial score (nSPS) is 13.3. The van der Waals surface area contributed by atoms with Gasteiger partial charge in [0.2, 0.25) is 10.0 Å². The molecule has 128 valence electrons. The number of rotatable bonds is 11. The quantitative estimate of drug-likeness (QED) is 0.541. The second-order valence-corrected chi connectivity index (χ2v) is 7.15. The summed E-state index contributed by atoms with van der Waals surface area (Å²) in [7, 11) is -2.19. The molecule has 0 radical (unpaired) electrons. The van der Waals surface area contributed by atoms with Gasteiger partial charge in [-0.1, -0.05) is 13.8 Å². The molecule has 0 N–H and O–H groups in total. The average Bonchev–Trinajstić information content (AvgIpc) is 2.33. The zero-order valence-corrected chi connectivity index (χ0v) is 13.5. The van der Waals surface area contributed by atoms with Gasteiger partial charge in [0.15, 0.2) is 0 Å². The zero-order valence-electron chi connectivity index (χ0n) is 12.6. The molecule has 0 saturated carbocycles. The van der Waals surface area contributed by atoms with E-state index in [9.17, 15) is 21.6 Å². The lowest BCUT2D eigenvalue weighted by Gasteiger charge is -2.22. The minimum absolute atomic E-state index is 0.185. The first-order chi connectivity index (χ1) is 9.58. The summed E-state index contributed by atoms with van der Waals surface area (Å²) < 4.78 is 70.3. The molecule has 0 atom stereocenters. The third kappa shape index (κ3) is 10.9. The second kappa shape index (κ2) is 9.60. The summed E-state index contributed by atoms with van der Waals surface area (Å²) in [6, 6.07) is 0. The maximum Gasteiger partial charge on any atom is 0.411 e. The largest absolute Gasteiger partial charge is 0.411 e. The van der Waals surface area contributed by atoms with Crippen molar-refractivity contribution in [1.29, 1.82) is 0 Å². The molecule has 0 aliphatic heterocycles. The van der Waals surface area contributed by atoms with Crippen molar-refractivity contribution in [3.8, 4) is 0 Å². The van der Waals surface area contributed by atoms with E-state index < -0.39 is 35.2 Å². The van der Waals surface area contributed by atoms with Crippen molar-refractivity contribution in [1.82, 2.24) is 4.31 Å². The van der Waals surface area contributed by atoms with Gasteiger partial charge in [-0.2, -0.15) is 17.5 Å². The van der Waals surface area contributed by atoms with Gasteiger partial charge >= 0.3 is 6.18 Å². The Bertz CT molecular complexity index is 371. The van der Waals surface area contributed by atoms with Crippen LogP contribution in [0.5, 0.6) is 0 Å². The Kier molecular flexibility index (Phi) is 9.43. The monoisotopic (exact) mass is 335 g/mol. The highest BCUT2D eigenvalue weighted by atomic mass is 32.2. The Hall–Kier alpha value is -0.380. The zero-order chi connectivity index (χ0) is 16.5. The fraction of sp³-hybridized carbons (Fsp3) is 1.00. The van der Waals surface area contributed by atoms with Crippen LogP contribution in [0.3, 0.4) is 0 Å². The Balaban J connectivity index is 4.40. The van der Waals surface area contributed by atoms with Crippen LogP contribution in [0.2, 0.25) is 0 Å². The molecule has 0 bridgehead atoms. The second-order valence-electron chi connectivity index (χ2n) is 5.06. The first-order valence-corrected chi connectivity index (χ1v) is 8.30. The molecule has 0 aromatic heterocycles. The van der Waals surface area contributed by atoms with E-state index in [-0.39, 0.29) is 13.2 Å². The van der Waals surface area contributed by atoms with E-state index in [1.54, 1.807) is 0 Å². The average molecular weight is 335 g/mol. The number of nitrogens with zero attached hydrogens (tertiary/aromatic N) is 1. The number of methoxy groups -OCH3 is 1. The molecule has 0 aromatic rings. The first-order valence-electron chi connectivity index (χ1n) is 6.69. The molecule has 0 unspecified atom stereocenters. The Morgan fingerprint density at radius 2 is 1.76 bits per heavy atom. The van der Waals surface area contributed by atoms with E-state index in [2.05, 4.69) is 4.74 Å². The van der Waals surface area contributed by atoms with Gasteiger partial charge in [-0.25, -0.2) is 8.42 Å². The third-order valence-corrected chi connectivity index (χ3v) is 4.48. The molecule has 0 aliphatic carbocycles. The van der Waals surface area contributed by atoms with E-state index in [1.165, 1.54) is 11.4 Å². The van der Waals surface area contributed by atoms with E-state index in [4.69, 9.17) is 4.74 Å². The number of halogens is 3. The lowest BCUT2D eigenvalue weighted by atomic mass is 10.1. The van der Waals surface area contributed by atoms with Gasteiger partial charge in [0.05, 0.1) is 19.0 Å². The van der Waals surface area contributed by atoms with Crippen LogP contribution >= 0.6 is 0 Å². The van der Waals surface area contributed by atoms with Crippen molar-refractivity contribution in [2.24, 2.45) is 5.92 Å². The fourth-order valence-electron chi connectivity index (χ4n) is 1.47. The number of alkyl halides is 3. The lowest BCUT2D eigenvalue weighted by Crippen LogP contribution is -2.38. The molecule has 0 aliphatic rings. The molecule has 0 saturated heterocycles. The minimum atomic E-state index is -4.45. The smallest absolute Gasteiger partial charge is 0.383 e. The number of ether oxygens (including phenoxy) is 2. The van der Waals surface area contributed by atoms with Gasteiger partial charge in [0.1, 0.15) is 6.61 Å². The molecule has 0 heterocycles. The van der Waals surface area contributed by atoms with E-state index in [1.807, 2.05) is 13.8 Å². The van der Waals surface area contributed by atoms with Crippen LogP contribution in [-0.4, -0.2) is 64.7 Å². The highest BCUT2D eigenvalue weighted by molar-refractivity contribution is 7.89. The van der Waals surface area contributed by atoms with E-state index >= 15 is 0 Å². The third-order valence-electron chi connectivity index (χ3n) is 2.65. The van der Waals surface area contributed by atoms with Crippen molar-refractivity contribution >= 4 is 10.0 Å². The summed E-state index contributed by atoms with van der Waals surface area (Å²) in [4.78, 5) is 0. The molecule has 0 rings (SSSR count). The van der Waals surface area contributed by atoms with E-state index in [0.29, 0.717) is 18.9 Å². The van der Waals surface area contributed by atoms with Crippen LogP contribution < -0.4 is 0 Å². The Morgan fingerprint density at radius 1 is 1.14 bits per heavy atom. The van der Waals surface area contributed by atoms with Crippen molar-refractivity contribution < 1.29 is 31.1 Å². The highest BCUT2D eigenvalue weighted by Gasteiger charge is 2.28. The van der Waals surface area contributed by atoms with Crippen LogP contribution in [0, 0.1) is 5.92 Å². The summed E-state index contributed by atoms with van der Waals surface area (Å²) >= 11 is 0. The van der Waals surface area contributed by atoms with Gasteiger partial charge < -0.3 is 9.47 Å². The summed E-state index contributed by atoms with van der Waals surface area (Å²) in [6.45, 7) is 2.76.